The number of aliphatic hydroxyl groups is 2. The van der Waals surface area contributed by atoms with Crippen molar-refractivity contribution in [3.05, 3.63) is 0 Å². The van der Waals surface area contributed by atoms with E-state index in [2.05, 4.69) is 5.32 Å². The van der Waals surface area contributed by atoms with Gasteiger partial charge in [0.2, 0.25) is 5.91 Å². The van der Waals surface area contributed by atoms with Crippen LogP contribution in [-0.4, -0.2) is 53.9 Å². The second-order valence-electron chi connectivity index (χ2n) is 3.65. The maximum Gasteiger partial charge on any atom is 0.217 e. The number of carbonyl (C=O) groups is 1. The Kier molecular flexibility index (Phi) is 4.04. The molecule has 1 fully saturated rings. The highest BCUT2D eigenvalue weighted by Crippen LogP contribution is 2.21. The lowest BCUT2D eigenvalue weighted by Gasteiger charge is -2.41. The molecule has 0 saturated carbocycles. The van der Waals surface area contributed by atoms with Crippen LogP contribution in [0.25, 0.3) is 0 Å². The number of amides is 1. The van der Waals surface area contributed by atoms with Crippen molar-refractivity contribution in [3.8, 4) is 0 Å². The Morgan fingerprint density at radius 1 is 1.40 bits per heavy atom. The van der Waals surface area contributed by atoms with Gasteiger partial charge in [-0.25, -0.2) is 0 Å². The molecule has 3 N–H and O–H groups in total. The van der Waals surface area contributed by atoms with E-state index >= 15 is 0 Å². The van der Waals surface area contributed by atoms with E-state index in [1.165, 1.54) is 14.0 Å². The number of carbonyl (C=O) groups excluding carboxylic acids is 1. The molecule has 0 aromatic heterocycles. The Bertz CT molecular complexity index is 233. The standard InChI is InChI=1S/C9H17NO5/c1-4-7(12)8(13)6(10-5(2)11)9(14-3)15-4/h4,6-9,12-13H,1-3H3,(H,10,11)/t4-,6-,7-,8-,9-/m1/s1. The fourth-order valence-corrected chi connectivity index (χ4v) is 1.62. The zero-order valence-corrected chi connectivity index (χ0v) is 9.01. The van der Waals surface area contributed by atoms with E-state index in [-0.39, 0.29) is 5.91 Å². The molecule has 6 nitrogen and oxygen atoms in total. The van der Waals surface area contributed by atoms with Crippen molar-refractivity contribution >= 4 is 5.91 Å². The number of nitrogens with one attached hydrogen (secondary N) is 1. The van der Waals surface area contributed by atoms with Crippen LogP contribution in [0, 0.1) is 0 Å². The molecule has 0 bridgehead atoms. The first-order chi connectivity index (χ1) is 6.97. The van der Waals surface area contributed by atoms with Crippen LogP contribution in [-0.2, 0) is 14.3 Å². The molecule has 6 heteroatoms. The first-order valence-corrected chi connectivity index (χ1v) is 4.79. The summed E-state index contributed by atoms with van der Waals surface area (Å²) in [7, 11) is 1.41. The van der Waals surface area contributed by atoms with Crippen molar-refractivity contribution in [3.63, 3.8) is 0 Å². The molecule has 0 unspecified atom stereocenters. The zero-order chi connectivity index (χ0) is 11.6. The molecule has 0 aromatic carbocycles. The highest BCUT2D eigenvalue weighted by Gasteiger charge is 2.43. The fourth-order valence-electron chi connectivity index (χ4n) is 1.62. The minimum absolute atomic E-state index is 0.313. The molecular weight excluding hydrogens is 202 g/mol. The van der Waals surface area contributed by atoms with Gasteiger partial charge in [-0.05, 0) is 6.92 Å². The third-order valence-electron chi connectivity index (χ3n) is 2.44. The summed E-state index contributed by atoms with van der Waals surface area (Å²) in [4.78, 5) is 10.9. The number of ether oxygens (including phenoxy) is 2. The Hall–Kier alpha value is -0.690. The Labute approximate surface area is 88.2 Å². The molecule has 15 heavy (non-hydrogen) atoms. The monoisotopic (exact) mass is 219 g/mol. The SMILES string of the molecule is CO[C@@H]1O[C@H](C)[C@@H](O)[C@H](O)[C@H]1NC(C)=O. The minimum Gasteiger partial charge on any atom is -0.388 e. The number of hydrogen-bond acceptors (Lipinski definition) is 5. The van der Waals surface area contributed by atoms with Gasteiger partial charge >= 0.3 is 0 Å². The molecule has 0 radical (unpaired) electrons. The van der Waals surface area contributed by atoms with Crippen LogP contribution in [0.5, 0.6) is 0 Å². The summed E-state index contributed by atoms with van der Waals surface area (Å²) >= 11 is 0. The Morgan fingerprint density at radius 2 is 2.00 bits per heavy atom. The van der Waals surface area contributed by atoms with E-state index in [1.807, 2.05) is 0 Å². The summed E-state index contributed by atoms with van der Waals surface area (Å²) in [6.07, 6.45) is -3.41. The first-order valence-electron chi connectivity index (χ1n) is 4.79. The van der Waals surface area contributed by atoms with Crippen LogP contribution in [0.1, 0.15) is 13.8 Å². The van der Waals surface area contributed by atoms with Gasteiger partial charge in [0.15, 0.2) is 6.29 Å². The van der Waals surface area contributed by atoms with Crippen LogP contribution < -0.4 is 5.32 Å². The molecule has 1 heterocycles. The molecule has 1 saturated heterocycles. The highest BCUT2D eigenvalue weighted by atomic mass is 16.7. The number of methoxy groups -OCH3 is 1. The Morgan fingerprint density at radius 3 is 2.47 bits per heavy atom. The van der Waals surface area contributed by atoms with Gasteiger partial charge < -0.3 is 25.0 Å². The molecule has 0 aromatic rings. The van der Waals surface area contributed by atoms with Gasteiger partial charge in [-0.2, -0.15) is 0 Å². The van der Waals surface area contributed by atoms with Crippen LogP contribution in [0.3, 0.4) is 0 Å². The molecule has 1 rings (SSSR count). The summed E-state index contributed by atoms with van der Waals surface area (Å²) in [5.74, 6) is -0.313. The van der Waals surface area contributed by atoms with Crippen LogP contribution in [0.2, 0.25) is 0 Å². The molecule has 0 spiro atoms. The maximum absolute atomic E-state index is 10.9. The third-order valence-corrected chi connectivity index (χ3v) is 2.44. The predicted octanol–water partition coefficient (Wildman–Crippen LogP) is -1.40. The molecule has 1 aliphatic rings. The molecule has 1 amide bonds. The maximum atomic E-state index is 10.9. The molecule has 5 atom stereocenters. The van der Waals surface area contributed by atoms with E-state index in [4.69, 9.17) is 9.47 Å². The van der Waals surface area contributed by atoms with Gasteiger partial charge in [0, 0.05) is 14.0 Å². The quantitative estimate of drug-likeness (QED) is 0.532. The van der Waals surface area contributed by atoms with E-state index in [0.717, 1.165) is 0 Å². The average molecular weight is 219 g/mol. The smallest absolute Gasteiger partial charge is 0.217 e. The number of aliphatic hydroxyl groups excluding tert-OH is 2. The van der Waals surface area contributed by atoms with Gasteiger partial charge in [-0.3, -0.25) is 4.79 Å². The fraction of sp³-hybridized carbons (Fsp3) is 0.889. The van der Waals surface area contributed by atoms with Gasteiger partial charge in [-0.15, -0.1) is 0 Å². The van der Waals surface area contributed by atoms with Gasteiger partial charge in [0.25, 0.3) is 0 Å². The second-order valence-corrected chi connectivity index (χ2v) is 3.65. The lowest BCUT2D eigenvalue weighted by molar-refractivity contribution is -0.252. The van der Waals surface area contributed by atoms with Crippen molar-refractivity contribution in [2.45, 2.75) is 44.5 Å². The summed E-state index contributed by atoms with van der Waals surface area (Å²) in [5, 5.41) is 21.8. The summed E-state index contributed by atoms with van der Waals surface area (Å²) in [6, 6.07) is -0.751. The average Bonchev–Trinajstić information content (AvgIpc) is 2.18. The molecule has 88 valence electrons. The highest BCUT2D eigenvalue weighted by molar-refractivity contribution is 5.73. The normalized spacial score (nSPS) is 41.3. The lowest BCUT2D eigenvalue weighted by atomic mass is 9.97. The van der Waals surface area contributed by atoms with Crippen LogP contribution in [0.4, 0.5) is 0 Å². The van der Waals surface area contributed by atoms with E-state index < -0.39 is 30.6 Å². The van der Waals surface area contributed by atoms with Crippen molar-refractivity contribution in [1.82, 2.24) is 5.32 Å². The van der Waals surface area contributed by atoms with Crippen molar-refractivity contribution in [2.24, 2.45) is 0 Å². The number of rotatable bonds is 2. The van der Waals surface area contributed by atoms with Gasteiger partial charge in [0.05, 0.1) is 6.10 Å². The molecular formula is C9H17NO5. The summed E-state index contributed by atoms with van der Waals surface area (Å²) < 4.78 is 10.3. The van der Waals surface area contributed by atoms with Gasteiger partial charge in [0.1, 0.15) is 18.2 Å². The van der Waals surface area contributed by atoms with Crippen LogP contribution >= 0.6 is 0 Å². The number of hydrogen-bond donors (Lipinski definition) is 3. The van der Waals surface area contributed by atoms with Crippen molar-refractivity contribution in [1.29, 1.82) is 0 Å². The first kappa shape index (κ1) is 12.4. The zero-order valence-electron chi connectivity index (χ0n) is 9.01. The molecule has 1 aliphatic heterocycles. The summed E-state index contributed by atoms with van der Waals surface area (Å²) in [6.45, 7) is 2.95. The lowest BCUT2D eigenvalue weighted by Crippen LogP contribution is -2.63. The second kappa shape index (κ2) is 4.89. The summed E-state index contributed by atoms with van der Waals surface area (Å²) in [5.41, 5.74) is 0. The van der Waals surface area contributed by atoms with Crippen molar-refractivity contribution < 1.29 is 24.5 Å². The third kappa shape index (κ3) is 2.66. The Balaban J connectivity index is 2.75. The largest absolute Gasteiger partial charge is 0.388 e. The van der Waals surface area contributed by atoms with Crippen molar-refractivity contribution in [2.75, 3.05) is 7.11 Å². The molecule has 0 aliphatic carbocycles. The van der Waals surface area contributed by atoms with E-state index in [9.17, 15) is 15.0 Å². The topological polar surface area (TPSA) is 88.0 Å². The minimum atomic E-state index is -1.09. The van der Waals surface area contributed by atoms with E-state index in [0.29, 0.717) is 0 Å². The predicted molar refractivity (Wildman–Crippen MR) is 51.0 cm³/mol. The van der Waals surface area contributed by atoms with Gasteiger partial charge in [-0.1, -0.05) is 0 Å². The van der Waals surface area contributed by atoms with E-state index in [1.54, 1.807) is 6.92 Å². The van der Waals surface area contributed by atoms with Crippen LogP contribution in [0.15, 0.2) is 0 Å².